The normalized spacial score (nSPS) is 16.8. The number of hydrogen-bond donors (Lipinski definition) is 0. The summed E-state index contributed by atoms with van der Waals surface area (Å²) in [5.74, 6) is 2.61. The first-order chi connectivity index (χ1) is 14.1. The molecule has 1 fully saturated rings. The van der Waals surface area contributed by atoms with Crippen LogP contribution in [0.15, 0.2) is 41.0 Å². The van der Waals surface area contributed by atoms with Gasteiger partial charge in [-0.05, 0) is 56.1 Å². The molecule has 2 heterocycles. The molecule has 6 nitrogen and oxygen atoms in total. The van der Waals surface area contributed by atoms with E-state index >= 15 is 0 Å². The van der Waals surface area contributed by atoms with Crippen LogP contribution in [0.1, 0.15) is 30.6 Å². The van der Waals surface area contributed by atoms with E-state index in [1.54, 1.807) is 20.5 Å². The summed E-state index contributed by atoms with van der Waals surface area (Å²) in [6.45, 7) is 2.60. The van der Waals surface area contributed by atoms with Crippen molar-refractivity contribution in [2.75, 3.05) is 40.9 Å². The van der Waals surface area contributed by atoms with E-state index in [1.807, 2.05) is 29.2 Å². The number of aryl methyl sites for hydroxylation is 1. The molecule has 1 aromatic carbocycles. The van der Waals surface area contributed by atoms with E-state index < -0.39 is 0 Å². The van der Waals surface area contributed by atoms with Crippen molar-refractivity contribution in [1.29, 1.82) is 0 Å². The quantitative estimate of drug-likeness (QED) is 0.646. The Bertz CT molecular complexity index is 775. The SMILES string of the molecule is COc1ccc(CCN(C)C2CCCN(C(=O)CCc3ccco3)C2)cc1OC. The van der Waals surface area contributed by atoms with Crippen LogP contribution in [0.3, 0.4) is 0 Å². The number of hydrogen-bond acceptors (Lipinski definition) is 5. The first-order valence-corrected chi connectivity index (χ1v) is 10.3. The Balaban J connectivity index is 1.49. The van der Waals surface area contributed by atoms with Gasteiger partial charge in [-0.15, -0.1) is 0 Å². The summed E-state index contributed by atoms with van der Waals surface area (Å²) in [4.78, 5) is 17.0. The van der Waals surface area contributed by atoms with E-state index in [0.29, 0.717) is 18.9 Å². The van der Waals surface area contributed by atoms with Crippen molar-refractivity contribution in [3.05, 3.63) is 47.9 Å². The first-order valence-electron chi connectivity index (χ1n) is 10.3. The van der Waals surface area contributed by atoms with Crippen molar-refractivity contribution < 1.29 is 18.7 Å². The number of piperidine rings is 1. The Kier molecular flexibility index (Phi) is 7.58. The number of furan rings is 1. The summed E-state index contributed by atoms with van der Waals surface area (Å²) in [6, 6.07) is 10.3. The highest BCUT2D eigenvalue weighted by molar-refractivity contribution is 5.76. The highest BCUT2D eigenvalue weighted by Gasteiger charge is 2.26. The third-order valence-electron chi connectivity index (χ3n) is 5.74. The number of amides is 1. The maximum absolute atomic E-state index is 12.6. The summed E-state index contributed by atoms with van der Waals surface area (Å²) in [5, 5.41) is 0. The van der Waals surface area contributed by atoms with E-state index in [1.165, 1.54) is 5.56 Å². The second-order valence-electron chi connectivity index (χ2n) is 7.64. The van der Waals surface area contributed by atoms with Crippen molar-refractivity contribution in [3.8, 4) is 11.5 Å². The van der Waals surface area contributed by atoms with E-state index in [2.05, 4.69) is 18.0 Å². The lowest BCUT2D eigenvalue weighted by Crippen LogP contribution is -2.49. The van der Waals surface area contributed by atoms with Crippen LogP contribution in [0.5, 0.6) is 11.5 Å². The van der Waals surface area contributed by atoms with E-state index in [9.17, 15) is 4.79 Å². The predicted molar refractivity (Wildman–Crippen MR) is 113 cm³/mol. The average Bonchev–Trinajstić information content (AvgIpc) is 3.29. The Hall–Kier alpha value is -2.47. The number of likely N-dealkylation sites (N-methyl/N-ethyl adjacent to an activating group) is 1. The van der Waals surface area contributed by atoms with E-state index in [4.69, 9.17) is 13.9 Å². The van der Waals surface area contributed by atoms with Gasteiger partial charge in [0.25, 0.3) is 0 Å². The lowest BCUT2D eigenvalue weighted by atomic mass is 10.0. The maximum Gasteiger partial charge on any atom is 0.223 e. The fourth-order valence-corrected chi connectivity index (χ4v) is 3.91. The molecule has 1 saturated heterocycles. The third kappa shape index (κ3) is 5.76. The number of carbonyl (C=O) groups excluding carboxylic acids is 1. The smallest absolute Gasteiger partial charge is 0.223 e. The lowest BCUT2D eigenvalue weighted by Gasteiger charge is -2.37. The zero-order valence-corrected chi connectivity index (χ0v) is 17.7. The van der Waals surface area contributed by atoms with E-state index in [-0.39, 0.29) is 5.91 Å². The highest BCUT2D eigenvalue weighted by atomic mass is 16.5. The maximum atomic E-state index is 12.6. The van der Waals surface area contributed by atoms with Crippen LogP contribution in [0.25, 0.3) is 0 Å². The minimum absolute atomic E-state index is 0.222. The van der Waals surface area contributed by atoms with Gasteiger partial charge in [0.1, 0.15) is 5.76 Å². The molecule has 1 amide bonds. The average molecular weight is 401 g/mol. The standard InChI is InChI=1S/C23H32N2O4/c1-24(14-12-18-8-10-21(27-2)22(16-18)28-3)19-6-4-13-25(17-19)23(26)11-9-20-7-5-15-29-20/h5,7-8,10,15-16,19H,4,6,9,11-14,17H2,1-3H3. The minimum Gasteiger partial charge on any atom is -0.493 e. The molecule has 1 aromatic heterocycles. The van der Waals surface area contributed by atoms with Gasteiger partial charge in [-0.25, -0.2) is 0 Å². The summed E-state index contributed by atoms with van der Waals surface area (Å²) < 4.78 is 16.1. The number of benzene rings is 1. The van der Waals surface area contributed by atoms with Gasteiger partial charge in [0, 0.05) is 38.5 Å². The first kappa shape index (κ1) is 21.2. The largest absolute Gasteiger partial charge is 0.493 e. The Morgan fingerprint density at radius 2 is 2.03 bits per heavy atom. The zero-order chi connectivity index (χ0) is 20.6. The zero-order valence-electron chi connectivity index (χ0n) is 17.7. The minimum atomic E-state index is 0.222. The number of likely N-dealkylation sites (tertiary alicyclic amines) is 1. The van der Waals surface area contributed by atoms with Crippen LogP contribution in [0.2, 0.25) is 0 Å². The second-order valence-corrected chi connectivity index (χ2v) is 7.64. The van der Waals surface area contributed by atoms with Crippen molar-refractivity contribution in [2.24, 2.45) is 0 Å². The van der Waals surface area contributed by atoms with Crippen molar-refractivity contribution >= 4 is 5.91 Å². The van der Waals surface area contributed by atoms with Gasteiger partial charge in [0.05, 0.1) is 20.5 Å². The van der Waals surface area contributed by atoms with Crippen LogP contribution >= 0.6 is 0 Å². The fourth-order valence-electron chi connectivity index (χ4n) is 3.91. The number of carbonyl (C=O) groups is 1. The predicted octanol–water partition coefficient (Wildman–Crippen LogP) is 3.39. The molecule has 0 spiro atoms. The third-order valence-corrected chi connectivity index (χ3v) is 5.74. The summed E-state index contributed by atoms with van der Waals surface area (Å²) >= 11 is 0. The van der Waals surface area contributed by atoms with E-state index in [0.717, 1.165) is 56.2 Å². The number of nitrogens with zero attached hydrogens (tertiary/aromatic N) is 2. The lowest BCUT2D eigenvalue weighted by molar-refractivity contribution is -0.133. The Morgan fingerprint density at radius 1 is 1.21 bits per heavy atom. The van der Waals surface area contributed by atoms with Crippen LogP contribution in [0.4, 0.5) is 0 Å². The van der Waals surface area contributed by atoms with Crippen molar-refractivity contribution in [2.45, 2.75) is 38.1 Å². The van der Waals surface area contributed by atoms with Crippen LogP contribution in [0, 0.1) is 0 Å². The Morgan fingerprint density at radius 3 is 2.76 bits per heavy atom. The van der Waals surface area contributed by atoms with Crippen molar-refractivity contribution in [3.63, 3.8) is 0 Å². The molecular formula is C23H32N2O4. The monoisotopic (exact) mass is 400 g/mol. The molecule has 1 aliphatic heterocycles. The molecule has 0 aliphatic carbocycles. The van der Waals surface area contributed by atoms with Gasteiger partial charge >= 0.3 is 0 Å². The topological polar surface area (TPSA) is 55.2 Å². The molecular weight excluding hydrogens is 368 g/mol. The summed E-state index contributed by atoms with van der Waals surface area (Å²) in [6.07, 6.45) is 5.95. The van der Waals surface area contributed by atoms with Crippen LogP contribution in [-0.2, 0) is 17.6 Å². The van der Waals surface area contributed by atoms with Gasteiger partial charge in [-0.2, -0.15) is 0 Å². The number of methoxy groups -OCH3 is 2. The van der Waals surface area contributed by atoms with Gasteiger partial charge in [-0.1, -0.05) is 6.07 Å². The van der Waals surface area contributed by atoms with Crippen LogP contribution in [-0.4, -0.2) is 62.7 Å². The van der Waals surface area contributed by atoms with Gasteiger partial charge in [-0.3, -0.25) is 4.79 Å². The fraction of sp³-hybridized carbons (Fsp3) is 0.522. The molecule has 158 valence electrons. The Labute approximate surface area is 173 Å². The molecule has 1 aliphatic rings. The molecule has 1 atom stereocenters. The number of ether oxygens (including phenoxy) is 2. The molecule has 2 aromatic rings. The molecule has 0 radical (unpaired) electrons. The van der Waals surface area contributed by atoms with Crippen LogP contribution < -0.4 is 9.47 Å². The molecule has 0 bridgehead atoms. The van der Waals surface area contributed by atoms with Gasteiger partial charge in [0.15, 0.2) is 11.5 Å². The summed E-state index contributed by atoms with van der Waals surface area (Å²) in [5.41, 5.74) is 1.22. The second kappa shape index (κ2) is 10.3. The van der Waals surface area contributed by atoms with Crippen molar-refractivity contribution in [1.82, 2.24) is 9.80 Å². The number of rotatable bonds is 9. The highest BCUT2D eigenvalue weighted by Crippen LogP contribution is 2.28. The molecule has 1 unspecified atom stereocenters. The van der Waals surface area contributed by atoms with Gasteiger partial charge in [0.2, 0.25) is 5.91 Å². The van der Waals surface area contributed by atoms with Gasteiger partial charge < -0.3 is 23.7 Å². The molecule has 29 heavy (non-hydrogen) atoms. The summed E-state index contributed by atoms with van der Waals surface area (Å²) in [7, 11) is 5.46. The molecule has 3 rings (SSSR count). The molecule has 6 heteroatoms. The molecule has 0 saturated carbocycles. The molecule has 0 N–H and O–H groups in total.